The van der Waals surface area contributed by atoms with E-state index in [0.717, 1.165) is 51.4 Å². The van der Waals surface area contributed by atoms with Crippen molar-refractivity contribution >= 4 is 47.4 Å². The predicted molar refractivity (Wildman–Crippen MR) is 323 cm³/mol. The first-order valence-corrected chi connectivity index (χ1v) is 34.5. The highest BCUT2D eigenvalue weighted by Gasteiger charge is 2.08. The number of esters is 4. The van der Waals surface area contributed by atoms with Crippen LogP contribution in [0, 0.1) is 0 Å². The third-order valence-electron chi connectivity index (χ3n) is 13.8. The normalized spacial score (nSPS) is 11.1. The van der Waals surface area contributed by atoms with Crippen molar-refractivity contribution in [3.05, 3.63) is 0 Å². The van der Waals surface area contributed by atoms with Gasteiger partial charge in [-0.2, -0.15) is 23.5 Å². The van der Waals surface area contributed by atoms with E-state index in [1.165, 1.54) is 231 Å². The van der Waals surface area contributed by atoms with E-state index in [1.54, 1.807) is 23.5 Å². The molecule has 440 valence electrons. The van der Waals surface area contributed by atoms with E-state index in [1.807, 2.05) is 0 Å². The minimum atomic E-state index is -0.114. The van der Waals surface area contributed by atoms with Crippen LogP contribution in [0.3, 0.4) is 0 Å². The zero-order valence-corrected chi connectivity index (χ0v) is 51.3. The van der Waals surface area contributed by atoms with Crippen LogP contribution in [-0.4, -0.2) is 73.3 Å². The molecule has 0 spiro atoms. The number of unbranched alkanes of at least 4 members (excludes halogenated alkanes) is 40. The molecule has 0 aliphatic rings. The lowest BCUT2D eigenvalue weighted by molar-refractivity contribution is -0.144. The van der Waals surface area contributed by atoms with Crippen LogP contribution in [0.25, 0.3) is 0 Å². The molecule has 0 aromatic rings. The van der Waals surface area contributed by atoms with E-state index >= 15 is 0 Å². The minimum absolute atomic E-state index is 0.111. The molecule has 0 unspecified atom stereocenters. The number of hydrogen-bond donors (Lipinski definition) is 0. The van der Waals surface area contributed by atoms with Crippen LogP contribution in [0.2, 0.25) is 0 Å². The Labute approximate surface area is 468 Å². The second kappa shape index (κ2) is 67.7. The summed E-state index contributed by atoms with van der Waals surface area (Å²) in [5.74, 6) is 2.40. The van der Waals surface area contributed by atoms with Gasteiger partial charge in [-0.1, -0.05) is 285 Å². The summed E-state index contributed by atoms with van der Waals surface area (Å²) in [6.45, 7) is 11.2. The van der Waals surface area contributed by atoms with Gasteiger partial charge in [0.1, 0.15) is 0 Å². The molecule has 0 bridgehead atoms. The molecule has 0 radical (unpaired) electrons. The smallest absolute Gasteiger partial charge is 0.306 e. The standard InChI is InChI=1S/C34H66O4S.C30H58O4S/c1-3-5-7-9-11-13-15-17-19-21-23-25-29-37-33(35)27-31-39-32-28-34(36)38-30-26-24-22-20-18-16-14-12-10-8-6-4-2;1-3-5-7-9-11-13-15-17-19-21-25-33-29(31)23-27-35-28-24-30(32)34-26-22-20-18-16-14-12-10-8-6-4-2/h3-32H2,1-2H3;3-28H2,1-2H3. The summed E-state index contributed by atoms with van der Waals surface area (Å²) in [5.41, 5.74) is 0. The maximum absolute atomic E-state index is 11.9. The topological polar surface area (TPSA) is 105 Å². The van der Waals surface area contributed by atoms with Gasteiger partial charge in [-0.25, -0.2) is 0 Å². The second-order valence-corrected chi connectivity index (χ2v) is 23.7. The van der Waals surface area contributed by atoms with Crippen molar-refractivity contribution in [1.82, 2.24) is 0 Å². The van der Waals surface area contributed by atoms with Crippen LogP contribution in [0.1, 0.15) is 336 Å². The molecule has 0 heterocycles. The Morgan fingerprint density at radius 1 is 0.216 bits per heavy atom. The molecule has 0 atom stereocenters. The number of carbonyl (C=O) groups is 4. The highest BCUT2D eigenvalue weighted by atomic mass is 32.2. The van der Waals surface area contributed by atoms with Crippen LogP contribution >= 0.6 is 23.5 Å². The quantitative estimate of drug-likeness (QED) is 0.0332. The first-order valence-electron chi connectivity index (χ1n) is 32.2. The van der Waals surface area contributed by atoms with Gasteiger partial charge in [0.05, 0.1) is 52.1 Å². The highest BCUT2D eigenvalue weighted by molar-refractivity contribution is 7.99. The predicted octanol–water partition coefficient (Wildman–Crippen LogP) is 20.4. The maximum atomic E-state index is 11.9. The van der Waals surface area contributed by atoms with Crippen molar-refractivity contribution in [3.8, 4) is 0 Å². The van der Waals surface area contributed by atoms with Crippen LogP contribution in [0.5, 0.6) is 0 Å². The number of ether oxygens (including phenoxy) is 4. The van der Waals surface area contributed by atoms with Crippen LogP contribution in [-0.2, 0) is 38.1 Å². The zero-order chi connectivity index (χ0) is 54.2. The van der Waals surface area contributed by atoms with Gasteiger partial charge in [-0.15, -0.1) is 0 Å². The highest BCUT2D eigenvalue weighted by Crippen LogP contribution is 2.16. The lowest BCUT2D eigenvalue weighted by atomic mass is 10.1. The fraction of sp³-hybridized carbons (Fsp3) is 0.938. The monoisotopic (exact) mass is 1080 g/mol. The van der Waals surface area contributed by atoms with E-state index in [-0.39, 0.29) is 23.9 Å². The van der Waals surface area contributed by atoms with Crippen molar-refractivity contribution in [3.63, 3.8) is 0 Å². The molecule has 8 nitrogen and oxygen atoms in total. The van der Waals surface area contributed by atoms with Gasteiger partial charge in [0.15, 0.2) is 0 Å². The Balaban J connectivity index is 0. The molecule has 0 aliphatic heterocycles. The van der Waals surface area contributed by atoms with Gasteiger partial charge in [0.2, 0.25) is 0 Å². The summed E-state index contributed by atoms with van der Waals surface area (Å²) in [5, 5.41) is 0. The van der Waals surface area contributed by atoms with Gasteiger partial charge in [0, 0.05) is 23.0 Å². The molecular weight excluding hydrogens is 961 g/mol. The Bertz CT molecular complexity index is 1050. The zero-order valence-electron chi connectivity index (χ0n) is 49.7. The summed E-state index contributed by atoms with van der Waals surface area (Å²) >= 11 is 3.26. The summed E-state index contributed by atoms with van der Waals surface area (Å²) < 4.78 is 21.3. The second-order valence-electron chi connectivity index (χ2n) is 21.2. The largest absolute Gasteiger partial charge is 0.466 e. The van der Waals surface area contributed by atoms with Gasteiger partial charge >= 0.3 is 23.9 Å². The Kier molecular flexibility index (Phi) is 68.3. The molecule has 10 heteroatoms. The van der Waals surface area contributed by atoms with Crippen molar-refractivity contribution in [1.29, 1.82) is 0 Å². The first-order chi connectivity index (χ1) is 36.4. The molecule has 74 heavy (non-hydrogen) atoms. The number of rotatable bonds is 60. The molecule has 0 aliphatic carbocycles. The summed E-state index contributed by atoms with van der Waals surface area (Å²) in [4.78, 5) is 47.3. The van der Waals surface area contributed by atoms with Gasteiger partial charge in [0.25, 0.3) is 0 Å². The van der Waals surface area contributed by atoms with Crippen molar-refractivity contribution in [2.75, 3.05) is 49.4 Å². The molecule has 0 saturated heterocycles. The van der Waals surface area contributed by atoms with Crippen molar-refractivity contribution in [2.24, 2.45) is 0 Å². The van der Waals surface area contributed by atoms with E-state index < -0.39 is 0 Å². The average Bonchev–Trinajstić information content (AvgIpc) is 3.39. The molecular formula is C64H124O8S2. The van der Waals surface area contributed by atoms with Gasteiger partial charge in [-0.3, -0.25) is 19.2 Å². The van der Waals surface area contributed by atoms with E-state index in [4.69, 9.17) is 18.9 Å². The minimum Gasteiger partial charge on any atom is -0.466 e. The Hall–Kier alpha value is -1.42. The molecule has 0 aromatic heterocycles. The van der Waals surface area contributed by atoms with E-state index in [9.17, 15) is 19.2 Å². The number of thioether (sulfide) groups is 2. The molecule has 0 rings (SSSR count). The molecule has 0 aromatic carbocycles. The van der Waals surface area contributed by atoms with Crippen molar-refractivity contribution in [2.45, 2.75) is 336 Å². The fourth-order valence-electron chi connectivity index (χ4n) is 8.92. The summed E-state index contributed by atoms with van der Waals surface area (Å²) in [7, 11) is 0. The van der Waals surface area contributed by atoms with Crippen LogP contribution in [0.15, 0.2) is 0 Å². The summed E-state index contributed by atoms with van der Waals surface area (Å²) in [6.07, 6.45) is 58.8. The van der Waals surface area contributed by atoms with Gasteiger partial charge in [-0.05, 0) is 25.7 Å². The third kappa shape index (κ3) is 68.6. The van der Waals surface area contributed by atoms with E-state index in [2.05, 4.69) is 27.7 Å². The number of hydrogen-bond acceptors (Lipinski definition) is 10. The van der Waals surface area contributed by atoms with Crippen molar-refractivity contribution < 1.29 is 38.1 Å². The SMILES string of the molecule is CCCCCCCCCCCCCCOC(=O)CCSCCC(=O)OCCCCCCCCCCCCCC.CCCCCCCCCCCCOC(=O)CCSCCC(=O)OCCCCCCCCCCCC. The van der Waals surface area contributed by atoms with Crippen LogP contribution in [0.4, 0.5) is 0 Å². The van der Waals surface area contributed by atoms with E-state index in [0.29, 0.717) is 75.1 Å². The first kappa shape index (κ1) is 74.7. The fourth-order valence-corrected chi connectivity index (χ4v) is 10.6. The molecule has 0 N–H and O–H groups in total. The molecule has 0 saturated carbocycles. The Morgan fingerprint density at radius 2 is 0.351 bits per heavy atom. The maximum Gasteiger partial charge on any atom is 0.306 e. The summed E-state index contributed by atoms with van der Waals surface area (Å²) in [6, 6.07) is 0. The lowest BCUT2D eigenvalue weighted by Gasteiger charge is -2.06. The van der Waals surface area contributed by atoms with Gasteiger partial charge < -0.3 is 18.9 Å². The lowest BCUT2D eigenvalue weighted by Crippen LogP contribution is -2.09. The number of carbonyl (C=O) groups excluding carboxylic acids is 4. The Morgan fingerprint density at radius 3 is 0.500 bits per heavy atom. The third-order valence-corrected chi connectivity index (χ3v) is 15.8. The average molecular weight is 1090 g/mol. The van der Waals surface area contributed by atoms with Crippen LogP contribution < -0.4 is 0 Å². The molecule has 0 amide bonds. The molecule has 0 fully saturated rings.